The topological polar surface area (TPSA) is 56.3 Å². The van der Waals surface area contributed by atoms with Gasteiger partial charge in [0.05, 0.1) is 0 Å². The van der Waals surface area contributed by atoms with Gasteiger partial charge in [0.1, 0.15) is 11.6 Å². The number of carbonyl (C=O) groups excluding carboxylic acids is 2. The molecule has 3 rings (SSSR count). The summed E-state index contributed by atoms with van der Waals surface area (Å²) in [6, 6.07) is 7.60. The summed E-state index contributed by atoms with van der Waals surface area (Å²) in [5.41, 5.74) is 0.464. The number of ether oxygens (including phenoxy) is 1. The molecule has 178 valence electrons. The van der Waals surface area contributed by atoms with Gasteiger partial charge < -0.3 is 14.5 Å². The van der Waals surface area contributed by atoms with E-state index >= 15 is 0 Å². The first-order valence-corrected chi connectivity index (χ1v) is 11.9. The molecule has 2 atom stereocenters. The lowest BCUT2D eigenvalue weighted by Gasteiger charge is -2.47. The highest BCUT2D eigenvalue weighted by molar-refractivity contribution is 6.30. The number of nitrogens with zero attached hydrogens (tertiary/aromatic N) is 4. The first-order chi connectivity index (χ1) is 15.0. The second-order valence-electron chi connectivity index (χ2n) is 10.1. The van der Waals surface area contributed by atoms with Gasteiger partial charge >= 0.3 is 6.09 Å². The Morgan fingerprint density at radius 1 is 1.06 bits per heavy atom. The lowest BCUT2D eigenvalue weighted by Crippen LogP contribution is -2.65. The normalized spacial score (nSPS) is 22.9. The zero-order valence-electron chi connectivity index (χ0n) is 20.2. The zero-order chi connectivity index (χ0) is 23.6. The van der Waals surface area contributed by atoms with Crippen LogP contribution in [0.5, 0.6) is 0 Å². The van der Waals surface area contributed by atoms with E-state index in [1.807, 2.05) is 49.9 Å². The number of hydrogen-bond donors (Lipinski definition) is 0. The fourth-order valence-corrected chi connectivity index (χ4v) is 4.59. The van der Waals surface area contributed by atoms with Gasteiger partial charge in [0.2, 0.25) is 5.91 Å². The summed E-state index contributed by atoms with van der Waals surface area (Å²) in [4.78, 5) is 34.7. The third-order valence-corrected chi connectivity index (χ3v) is 6.37. The Labute approximate surface area is 197 Å². The Morgan fingerprint density at radius 2 is 1.75 bits per heavy atom. The number of rotatable bonds is 3. The van der Waals surface area contributed by atoms with Crippen LogP contribution in [0.1, 0.15) is 41.5 Å². The van der Waals surface area contributed by atoms with E-state index in [1.54, 1.807) is 4.90 Å². The molecule has 2 saturated heterocycles. The van der Waals surface area contributed by atoms with Crippen LogP contribution in [-0.2, 0) is 9.53 Å². The predicted molar refractivity (Wildman–Crippen MR) is 128 cm³/mol. The van der Waals surface area contributed by atoms with Crippen molar-refractivity contribution in [3.05, 3.63) is 29.3 Å². The molecule has 1 unspecified atom stereocenters. The number of hydrogen-bond acceptors (Lipinski definition) is 5. The smallest absolute Gasteiger partial charge is 0.411 e. The lowest BCUT2D eigenvalue weighted by molar-refractivity contribution is -0.142. The molecule has 32 heavy (non-hydrogen) atoms. The third kappa shape index (κ3) is 5.87. The molecule has 1 aromatic rings. The van der Waals surface area contributed by atoms with E-state index in [0.717, 1.165) is 25.3 Å². The first-order valence-electron chi connectivity index (χ1n) is 11.5. The Hall–Kier alpha value is -1.99. The second-order valence-corrected chi connectivity index (χ2v) is 10.5. The molecular formula is C24H37ClN4O3. The van der Waals surface area contributed by atoms with Crippen LogP contribution >= 0.6 is 11.6 Å². The van der Waals surface area contributed by atoms with Gasteiger partial charge in [-0.1, -0.05) is 17.7 Å². The molecule has 0 saturated carbocycles. The van der Waals surface area contributed by atoms with E-state index in [9.17, 15) is 9.59 Å². The largest absolute Gasteiger partial charge is 0.444 e. The molecule has 2 fully saturated rings. The summed E-state index contributed by atoms with van der Waals surface area (Å²) < 4.78 is 5.63. The summed E-state index contributed by atoms with van der Waals surface area (Å²) in [6.07, 6.45) is -0.413. The van der Waals surface area contributed by atoms with E-state index in [4.69, 9.17) is 16.3 Å². The van der Waals surface area contributed by atoms with Crippen molar-refractivity contribution >= 4 is 29.3 Å². The van der Waals surface area contributed by atoms with Gasteiger partial charge in [0.15, 0.2) is 0 Å². The maximum absolute atomic E-state index is 13.7. The Bertz CT molecular complexity index is 826. The van der Waals surface area contributed by atoms with Crippen molar-refractivity contribution in [2.75, 3.05) is 44.2 Å². The molecule has 0 radical (unpaired) electrons. The molecule has 0 aliphatic carbocycles. The molecule has 2 heterocycles. The van der Waals surface area contributed by atoms with E-state index in [0.29, 0.717) is 30.7 Å². The fourth-order valence-electron chi connectivity index (χ4n) is 4.41. The maximum Gasteiger partial charge on any atom is 0.411 e. The van der Waals surface area contributed by atoms with E-state index < -0.39 is 17.7 Å². The maximum atomic E-state index is 13.7. The number of halogens is 1. The van der Waals surface area contributed by atoms with Gasteiger partial charge in [0.25, 0.3) is 0 Å². The third-order valence-electron chi connectivity index (χ3n) is 6.14. The Balaban J connectivity index is 1.75. The monoisotopic (exact) mass is 464 g/mol. The number of carbonyl (C=O) groups is 2. The molecule has 2 aliphatic heterocycles. The van der Waals surface area contributed by atoms with Gasteiger partial charge in [-0.15, -0.1) is 0 Å². The summed E-state index contributed by atoms with van der Waals surface area (Å²) in [5, 5.41) is 0.706. The number of amides is 2. The highest BCUT2D eigenvalue weighted by Gasteiger charge is 2.41. The zero-order valence-corrected chi connectivity index (χ0v) is 20.9. The van der Waals surface area contributed by atoms with Crippen molar-refractivity contribution < 1.29 is 14.3 Å². The minimum absolute atomic E-state index is 0.000506. The SMILES string of the molecule is CC(C)N1CCN(C(=O)OC(C)(C)C)[C@@H](C(=O)N2CCN(c3cccc(Cl)c3)CC2C)C1. The number of benzene rings is 1. The Morgan fingerprint density at radius 3 is 2.34 bits per heavy atom. The summed E-state index contributed by atoms with van der Waals surface area (Å²) >= 11 is 6.17. The molecule has 2 aliphatic rings. The van der Waals surface area contributed by atoms with Crippen LogP contribution in [0, 0.1) is 0 Å². The van der Waals surface area contributed by atoms with Crippen molar-refractivity contribution in [3.63, 3.8) is 0 Å². The lowest BCUT2D eigenvalue weighted by atomic mass is 10.1. The summed E-state index contributed by atoms with van der Waals surface area (Å²) in [5.74, 6) is -0.000506. The van der Waals surface area contributed by atoms with Crippen LogP contribution in [0.25, 0.3) is 0 Å². The average Bonchev–Trinajstić information content (AvgIpc) is 2.71. The van der Waals surface area contributed by atoms with Crippen molar-refractivity contribution in [1.29, 1.82) is 0 Å². The van der Waals surface area contributed by atoms with Gasteiger partial charge in [-0.2, -0.15) is 0 Å². The number of anilines is 1. The molecule has 0 spiro atoms. The van der Waals surface area contributed by atoms with Crippen LogP contribution in [0.2, 0.25) is 5.02 Å². The fraction of sp³-hybridized carbons (Fsp3) is 0.667. The molecule has 2 amide bonds. The van der Waals surface area contributed by atoms with Crippen molar-refractivity contribution in [1.82, 2.24) is 14.7 Å². The van der Waals surface area contributed by atoms with Crippen molar-refractivity contribution in [2.45, 2.75) is 65.3 Å². The minimum Gasteiger partial charge on any atom is -0.444 e. The molecule has 7 nitrogen and oxygen atoms in total. The van der Waals surface area contributed by atoms with Gasteiger partial charge in [-0.25, -0.2) is 4.79 Å². The minimum atomic E-state index is -0.601. The summed E-state index contributed by atoms with van der Waals surface area (Å²) in [7, 11) is 0. The van der Waals surface area contributed by atoms with Crippen LogP contribution in [0.15, 0.2) is 24.3 Å². The van der Waals surface area contributed by atoms with Gasteiger partial charge in [0, 0.05) is 62.1 Å². The molecule has 0 bridgehead atoms. The summed E-state index contributed by atoms with van der Waals surface area (Å²) in [6.45, 7) is 15.7. The molecule has 0 aromatic heterocycles. The molecule has 1 aromatic carbocycles. The van der Waals surface area contributed by atoms with Crippen molar-refractivity contribution in [3.8, 4) is 0 Å². The van der Waals surface area contributed by atoms with Crippen molar-refractivity contribution in [2.24, 2.45) is 0 Å². The highest BCUT2D eigenvalue weighted by Crippen LogP contribution is 2.25. The number of piperazine rings is 2. The quantitative estimate of drug-likeness (QED) is 0.682. The average molecular weight is 465 g/mol. The molecule has 8 heteroatoms. The van der Waals surface area contributed by atoms with Crippen LogP contribution in [0.4, 0.5) is 10.5 Å². The van der Waals surface area contributed by atoms with Crippen LogP contribution < -0.4 is 4.90 Å². The van der Waals surface area contributed by atoms with Crippen LogP contribution in [0.3, 0.4) is 0 Å². The van der Waals surface area contributed by atoms with Gasteiger partial charge in [-0.3, -0.25) is 14.6 Å². The Kier molecular flexibility index (Phi) is 7.61. The van der Waals surface area contributed by atoms with E-state index in [-0.39, 0.29) is 11.9 Å². The second kappa shape index (κ2) is 9.87. The molecule has 0 N–H and O–H groups in total. The standard InChI is InChI=1S/C24H37ClN4O3/c1-17(2)26-10-13-29(23(31)32-24(4,5)6)21(16-26)22(30)28-12-11-27(15-18(28)3)20-9-7-8-19(25)14-20/h7-9,14,17-18,21H,10-13,15-16H2,1-6H3/t18?,21-/m1/s1. The van der Waals surface area contributed by atoms with Gasteiger partial charge in [-0.05, 0) is 59.7 Å². The van der Waals surface area contributed by atoms with E-state index in [2.05, 4.69) is 30.6 Å². The predicted octanol–water partition coefficient (Wildman–Crippen LogP) is 3.71. The van der Waals surface area contributed by atoms with Crippen LogP contribution in [-0.4, -0.2) is 89.7 Å². The highest BCUT2D eigenvalue weighted by atomic mass is 35.5. The molecular weight excluding hydrogens is 428 g/mol. The first kappa shape index (κ1) is 24.6. The van der Waals surface area contributed by atoms with E-state index in [1.165, 1.54) is 0 Å².